The number of methoxy groups -OCH3 is 1. The van der Waals surface area contributed by atoms with Crippen LogP contribution in [0, 0.1) is 0 Å². The van der Waals surface area contributed by atoms with Crippen molar-refractivity contribution in [2.75, 3.05) is 13.7 Å². The van der Waals surface area contributed by atoms with E-state index in [0.717, 1.165) is 11.6 Å². The summed E-state index contributed by atoms with van der Waals surface area (Å²) in [6.07, 6.45) is 1.18. The van der Waals surface area contributed by atoms with Gasteiger partial charge in [-0.1, -0.05) is 45.9 Å². The Morgan fingerprint density at radius 3 is 2.57 bits per heavy atom. The molecule has 0 bridgehead atoms. The van der Waals surface area contributed by atoms with Gasteiger partial charge in [-0.05, 0) is 39.7 Å². The summed E-state index contributed by atoms with van der Waals surface area (Å²) >= 11 is 0. The van der Waals surface area contributed by atoms with Gasteiger partial charge in [-0.15, -0.1) is 0 Å². The van der Waals surface area contributed by atoms with Crippen molar-refractivity contribution in [3.63, 3.8) is 0 Å². The molecule has 4 rings (SSSR count). The molecule has 0 aromatic heterocycles. The number of ether oxygens (including phenoxy) is 1. The quantitative estimate of drug-likeness (QED) is 0.720. The minimum absolute atomic E-state index is 0.0571. The third-order valence-corrected chi connectivity index (χ3v) is 6.54. The summed E-state index contributed by atoms with van der Waals surface area (Å²) in [5, 5.41) is 12.7. The summed E-state index contributed by atoms with van der Waals surface area (Å²) in [5.74, 6) is 0.647. The lowest BCUT2D eigenvalue weighted by Gasteiger charge is -2.24. The van der Waals surface area contributed by atoms with Gasteiger partial charge in [-0.25, -0.2) is 0 Å². The third-order valence-electron chi connectivity index (χ3n) is 6.54. The minimum atomic E-state index is -0.0571. The molecule has 0 spiro atoms. The Balaban J connectivity index is 1.58. The van der Waals surface area contributed by atoms with E-state index < -0.39 is 0 Å². The Kier molecular flexibility index (Phi) is 5.27. The zero-order valence-corrected chi connectivity index (χ0v) is 18.7. The Labute approximate surface area is 179 Å². The van der Waals surface area contributed by atoms with Gasteiger partial charge in [0.05, 0.1) is 12.7 Å². The molecule has 2 aliphatic rings. The molecule has 3 N–H and O–H groups in total. The van der Waals surface area contributed by atoms with Crippen molar-refractivity contribution >= 4 is 5.91 Å². The Hall–Kier alpha value is -2.53. The lowest BCUT2D eigenvalue weighted by molar-refractivity contribution is -0.497. The Bertz CT molecular complexity index is 977. The number of rotatable bonds is 6. The van der Waals surface area contributed by atoms with Crippen molar-refractivity contribution in [1.29, 1.82) is 0 Å². The van der Waals surface area contributed by atoms with Crippen LogP contribution in [0.15, 0.2) is 30.3 Å². The fraction of sp³-hybridized carbons (Fsp3) is 0.480. The first kappa shape index (κ1) is 20.7. The van der Waals surface area contributed by atoms with Gasteiger partial charge in [0, 0.05) is 25.6 Å². The highest BCUT2D eigenvalue weighted by Crippen LogP contribution is 2.36. The summed E-state index contributed by atoms with van der Waals surface area (Å²) < 4.78 is 5.41. The SMILES string of the molecule is COc1cc(O)c(C(C)C)cc1C(=O)N1Cc2ccc(C(C)(C)CC3C[NH2+]3)cc2C1. The number of carbonyl (C=O) groups is 1. The van der Waals surface area contributed by atoms with Crippen LogP contribution in [0.1, 0.15) is 72.6 Å². The van der Waals surface area contributed by atoms with Gasteiger partial charge in [0.15, 0.2) is 0 Å². The molecule has 2 heterocycles. The zero-order valence-electron chi connectivity index (χ0n) is 18.7. The molecule has 0 radical (unpaired) electrons. The van der Waals surface area contributed by atoms with E-state index in [1.165, 1.54) is 36.8 Å². The van der Waals surface area contributed by atoms with Crippen LogP contribution in [0.5, 0.6) is 11.5 Å². The average Bonchev–Trinajstić information content (AvgIpc) is 3.39. The molecular weight excluding hydrogens is 376 g/mol. The van der Waals surface area contributed by atoms with Crippen molar-refractivity contribution in [1.82, 2.24) is 4.90 Å². The Morgan fingerprint density at radius 1 is 1.23 bits per heavy atom. The number of nitrogens with zero attached hydrogens (tertiary/aromatic N) is 1. The zero-order chi connectivity index (χ0) is 21.6. The number of benzene rings is 2. The van der Waals surface area contributed by atoms with Gasteiger partial charge < -0.3 is 20.1 Å². The Morgan fingerprint density at radius 2 is 1.93 bits per heavy atom. The van der Waals surface area contributed by atoms with E-state index in [-0.39, 0.29) is 23.0 Å². The number of aromatic hydroxyl groups is 1. The molecule has 0 aliphatic carbocycles. The molecule has 30 heavy (non-hydrogen) atoms. The lowest BCUT2D eigenvalue weighted by Crippen LogP contribution is -2.60. The van der Waals surface area contributed by atoms with Crippen LogP contribution in [-0.4, -0.2) is 35.6 Å². The van der Waals surface area contributed by atoms with Gasteiger partial charge in [0.2, 0.25) is 0 Å². The van der Waals surface area contributed by atoms with E-state index in [0.29, 0.717) is 24.4 Å². The van der Waals surface area contributed by atoms with E-state index in [4.69, 9.17) is 4.74 Å². The van der Waals surface area contributed by atoms with Crippen molar-refractivity contribution in [2.24, 2.45) is 0 Å². The summed E-state index contributed by atoms with van der Waals surface area (Å²) in [6.45, 7) is 11.1. The molecule has 5 nitrogen and oxygen atoms in total. The fourth-order valence-electron chi connectivity index (χ4n) is 4.55. The molecular formula is C25H33N2O3+. The molecule has 0 saturated carbocycles. The van der Waals surface area contributed by atoms with E-state index in [1.54, 1.807) is 12.1 Å². The van der Waals surface area contributed by atoms with Crippen molar-refractivity contribution in [3.8, 4) is 11.5 Å². The van der Waals surface area contributed by atoms with Crippen molar-refractivity contribution < 1.29 is 20.0 Å². The number of carbonyl (C=O) groups excluding carboxylic acids is 1. The van der Waals surface area contributed by atoms with E-state index in [1.807, 2.05) is 18.7 Å². The second-order valence-corrected chi connectivity index (χ2v) is 9.73. The number of hydrogen-bond acceptors (Lipinski definition) is 3. The van der Waals surface area contributed by atoms with Crippen molar-refractivity contribution in [3.05, 3.63) is 58.1 Å². The molecule has 5 heteroatoms. The maximum Gasteiger partial charge on any atom is 0.258 e. The molecule has 160 valence electrons. The monoisotopic (exact) mass is 409 g/mol. The maximum atomic E-state index is 13.4. The molecule has 1 fully saturated rings. The van der Waals surface area contributed by atoms with Crippen LogP contribution in [0.3, 0.4) is 0 Å². The van der Waals surface area contributed by atoms with Gasteiger partial charge >= 0.3 is 0 Å². The van der Waals surface area contributed by atoms with Crippen LogP contribution in [0.25, 0.3) is 0 Å². The lowest BCUT2D eigenvalue weighted by atomic mass is 9.79. The topological polar surface area (TPSA) is 66.4 Å². The number of phenols is 1. The predicted octanol–water partition coefficient (Wildman–Crippen LogP) is 3.29. The smallest absolute Gasteiger partial charge is 0.258 e. The van der Waals surface area contributed by atoms with Crippen LogP contribution < -0.4 is 10.1 Å². The standard InChI is InChI=1S/C25H32N2O3/c1-15(2)20-9-21(23(30-5)10-22(20)28)24(29)27-13-16-6-7-18(8-17(16)14-27)25(3,4)11-19-12-26-19/h6-10,15,19,26,28H,11-14H2,1-5H3/p+1. The minimum Gasteiger partial charge on any atom is -0.508 e. The van der Waals surface area contributed by atoms with E-state index in [2.05, 4.69) is 37.4 Å². The molecule has 1 atom stereocenters. The molecule has 2 aromatic rings. The normalized spacial score (nSPS) is 17.9. The van der Waals surface area contributed by atoms with E-state index in [9.17, 15) is 9.90 Å². The first-order chi connectivity index (χ1) is 14.2. The highest BCUT2D eigenvalue weighted by molar-refractivity contribution is 5.97. The first-order valence-corrected chi connectivity index (χ1v) is 10.9. The number of fused-ring (bicyclic) bond motifs is 1. The largest absolute Gasteiger partial charge is 0.508 e. The van der Waals surface area contributed by atoms with Gasteiger partial charge in [-0.3, -0.25) is 4.79 Å². The summed E-state index contributed by atoms with van der Waals surface area (Å²) in [7, 11) is 1.53. The predicted molar refractivity (Wildman–Crippen MR) is 117 cm³/mol. The van der Waals surface area contributed by atoms with Crippen LogP contribution in [-0.2, 0) is 18.5 Å². The number of amides is 1. The second-order valence-electron chi connectivity index (χ2n) is 9.73. The number of hydrogen-bond donors (Lipinski definition) is 2. The first-order valence-electron chi connectivity index (χ1n) is 10.9. The molecule has 1 unspecified atom stereocenters. The van der Waals surface area contributed by atoms with Crippen molar-refractivity contribution in [2.45, 2.75) is 64.6 Å². The molecule has 2 aromatic carbocycles. The summed E-state index contributed by atoms with van der Waals surface area (Å²) in [6, 6.07) is 10.8. The van der Waals surface area contributed by atoms with Crippen LogP contribution in [0.4, 0.5) is 0 Å². The molecule has 2 aliphatic heterocycles. The summed E-state index contributed by atoms with van der Waals surface area (Å²) in [4.78, 5) is 15.2. The molecule has 1 saturated heterocycles. The highest BCUT2D eigenvalue weighted by Gasteiger charge is 2.36. The third kappa shape index (κ3) is 3.91. The van der Waals surface area contributed by atoms with Crippen LogP contribution >= 0.6 is 0 Å². The number of nitrogens with two attached hydrogens (primary N) is 1. The van der Waals surface area contributed by atoms with Gasteiger partial charge in [0.1, 0.15) is 24.1 Å². The van der Waals surface area contributed by atoms with Crippen LogP contribution in [0.2, 0.25) is 0 Å². The maximum absolute atomic E-state index is 13.4. The fourth-order valence-corrected chi connectivity index (χ4v) is 4.55. The average molecular weight is 410 g/mol. The van der Waals surface area contributed by atoms with E-state index >= 15 is 0 Å². The number of quaternary nitrogens is 1. The van der Waals surface area contributed by atoms with Gasteiger partial charge in [-0.2, -0.15) is 0 Å². The second kappa shape index (κ2) is 7.62. The molecule has 1 amide bonds. The number of phenolic OH excluding ortho intramolecular Hbond substituents is 1. The highest BCUT2D eigenvalue weighted by atomic mass is 16.5. The summed E-state index contributed by atoms with van der Waals surface area (Å²) in [5.41, 5.74) is 5.20. The van der Waals surface area contributed by atoms with Gasteiger partial charge in [0.25, 0.3) is 5.91 Å².